The van der Waals surface area contributed by atoms with E-state index in [9.17, 15) is 4.79 Å². The van der Waals surface area contributed by atoms with Crippen molar-refractivity contribution in [2.24, 2.45) is 0 Å². The third kappa shape index (κ3) is 4.73. The topological polar surface area (TPSA) is 79.2 Å². The second-order valence-electron chi connectivity index (χ2n) is 7.36. The second kappa shape index (κ2) is 8.97. The summed E-state index contributed by atoms with van der Waals surface area (Å²) < 4.78 is 5.45. The number of para-hydroxylation sites is 1. The number of carbonyl (C=O) groups excluding carboxylic acids is 1. The monoisotopic (exact) mass is 430 g/mol. The average Bonchev–Trinajstić information content (AvgIpc) is 3.32. The number of rotatable bonds is 4. The van der Waals surface area contributed by atoms with E-state index in [0.717, 1.165) is 11.1 Å². The summed E-state index contributed by atoms with van der Waals surface area (Å²) in [5.74, 6) is 0.722. The Morgan fingerprint density at radius 3 is 2.48 bits per heavy atom. The second-order valence-corrected chi connectivity index (χ2v) is 7.77. The Bertz CT molecular complexity index is 1220. The standard InChI is InChI=1S/C24H22N4O2S/c1-15(2)16-9-11-17(12-10-16)25-24(31)28-27-23(29)19-14-21(22-8-5-13-30-22)26-20-7-4-3-6-18(19)20/h3-15H,1-2H3,(H,27,29)(H2,25,28,31). The van der Waals surface area contributed by atoms with Crippen molar-refractivity contribution in [2.75, 3.05) is 5.32 Å². The normalized spacial score (nSPS) is 10.8. The molecular weight excluding hydrogens is 408 g/mol. The fraction of sp³-hybridized carbons (Fsp3) is 0.125. The van der Waals surface area contributed by atoms with Gasteiger partial charge in [0.2, 0.25) is 0 Å². The number of nitrogens with one attached hydrogen (secondary N) is 3. The smallest absolute Gasteiger partial charge is 0.270 e. The molecule has 0 aliphatic rings. The minimum Gasteiger partial charge on any atom is -0.463 e. The number of carbonyl (C=O) groups is 1. The van der Waals surface area contributed by atoms with Crippen LogP contribution < -0.4 is 16.2 Å². The van der Waals surface area contributed by atoms with Crippen LogP contribution in [-0.4, -0.2) is 16.0 Å². The van der Waals surface area contributed by atoms with Crippen molar-refractivity contribution in [2.45, 2.75) is 19.8 Å². The summed E-state index contributed by atoms with van der Waals surface area (Å²) in [6.07, 6.45) is 1.57. The van der Waals surface area contributed by atoms with Gasteiger partial charge >= 0.3 is 0 Å². The molecule has 6 nitrogen and oxygen atoms in total. The zero-order valence-corrected chi connectivity index (χ0v) is 18.0. The lowest BCUT2D eigenvalue weighted by Gasteiger charge is -2.14. The number of fused-ring (bicyclic) bond motifs is 1. The summed E-state index contributed by atoms with van der Waals surface area (Å²) in [6.45, 7) is 4.29. The number of hydrogen-bond donors (Lipinski definition) is 3. The molecule has 0 aliphatic heterocycles. The van der Waals surface area contributed by atoms with Crippen LogP contribution in [0.3, 0.4) is 0 Å². The molecule has 0 fully saturated rings. The molecular formula is C24H22N4O2S. The Hall–Kier alpha value is -3.71. The fourth-order valence-electron chi connectivity index (χ4n) is 3.21. The van der Waals surface area contributed by atoms with Gasteiger partial charge in [-0.25, -0.2) is 4.98 Å². The maximum Gasteiger partial charge on any atom is 0.270 e. The zero-order valence-electron chi connectivity index (χ0n) is 17.2. The molecule has 7 heteroatoms. The van der Waals surface area contributed by atoms with Crippen LogP contribution in [0, 0.1) is 0 Å². The zero-order chi connectivity index (χ0) is 21.8. The average molecular weight is 431 g/mol. The third-order valence-electron chi connectivity index (χ3n) is 4.86. The van der Waals surface area contributed by atoms with Crippen LogP contribution in [0.25, 0.3) is 22.4 Å². The Kier molecular flexibility index (Phi) is 5.95. The minimum atomic E-state index is -0.328. The molecule has 2 aromatic carbocycles. The van der Waals surface area contributed by atoms with Crippen LogP contribution in [0.15, 0.2) is 77.4 Å². The lowest BCUT2D eigenvalue weighted by atomic mass is 10.0. The Labute approximate surface area is 185 Å². The van der Waals surface area contributed by atoms with Gasteiger partial charge in [-0.05, 0) is 60.1 Å². The van der Waals surface area contributed by atoms with E-state index < -0.39 is 0 Å². The molecule has 4 aromatic rings. The van der Waals surface area contributed by atoms with E-state index in [0.29, 0.717) is 28.5 Å². The van der Waals surface area contributed by atoms with Crippen molar-refractivity contribution in [1.82, 2.24) is 15.8 Å². The summed E-state index contributed by atoms with van der Waals surface area (Å²) in [4.78, 5) is 17.5. The third-order valence-corrected chi connectivity index (χ3v) is 5.06. The Morgan fingerprint density at radius 1 is 1.00 bits per heavy atom. The van der Waals surface area contributed by atoms with Gasteiger partial charge in [-0.3, -0.25) is 15.6 Å². The van der Waals surface area contributed by atoms with E-state index in [1.54, 1.807) is 24.5 Å². The maximum atomic E-state index is 12.9. The lowest BCUT2D eigenvalue weighted by molar-refractivity contribution is 0.0946. The van der Waals surface area contributed by atoms with E-state index in [1.807, 2.05) is 48.5 Å². The SMILES string of the molecule is CC(C)c1ccc(NC(=S)NNC(=O)c2cc(-c3ccco3)nc3ccccc23)cc1. The quantitative estimate of drug-likeness (QED) is 0.303. The maximum absolute atomic E-state index is 12.9. The summed E-state index contributed by atoms with van der Waals surface area (Å²) in [5.41, 5.74) is 9.26. The molecule has 2 heterocycles. The van der Waals surface area contributed by atoms with Crippen molar-refractivity contribution in [3.63, 3.8) is 0 Å². The van der Waals surface area contributed by atoms with Gasteiger partial charge in [0.15, 0.2) is 10.9 Å². The molecule has 0 atom stereocenters. The van der Waals surface area contributed by atoms with E-state index in [2.05, 4.69) is 35.0 Å². The molecule has 4 rings (SSSR count). The van der Waals surface area contributed by atoms with Crippen LogP contribution in [0.1, 0.15) is 35.7 Å². The number of pyridine rings is 1. The molecule has 0 spiro atoms. The first-order valence-corrected chi connectivity index (χ1v) is 10.3. The highest BCUT2D eigenvalue weighted by molar-refractivity contribution is 7.80. The van der Waals surface area contributed by atoms with E-state index in [1.165, 1.54) is 5.56 Å². The fourth-order valence-corrected chi connectivity index (χ4v) is 3.38. The lowest BCUT2D eigenvalue weighted by Crippen LogP contribution is -2.43. The van der Waals surface area contributed by atoms with Gasteiger partial charge < -0.3 is 9.73 Å². The van der Waals surface area contributed by atoms with Crippen LogP contribution in [0.5, 0.6) is 0 Å². The first-order chi connectivity index (χ1) is 15.0. The van der Waals surface area contributed by atoms with E-state index in [4.69, 9.17) is 16.6 Å². The largest absolute Gasteiger partial charge is 0.463 e. The molecule has 0 bridgehead atoms. The Balaban J connectivity index is 1.48. The Morgan fingerprint density at radius 2 is 1.77 bits per heavy atom. The first-order valence-electron chi connectivity index (χ1n) is 9.92. The highest BCUT2D eigenvalue weighted by Gasteiger charge is 2.15. The minimum absolute atomic E-state index is 0.287. The number of amides is 1. The highest BCUT2D eigenvalue weighted by atomic mass is 32.1. The van der Waals surface area contributed by atoms with Crippen LogP contribution in [0.4, 0.5) is 5.69 Å². The number of furan rings is 1. The van der Waals surface area contributed by atoms with E-state index >= 15 is 0 Å². The number of aromatic nitrogens is 1. The predicted molar refractivity (Wildman–Crippen MR) is 127 cm³/mol. The van der Waals surface area contributed by atoms with Crippen LogP contribution in [0.2, 0.25) is 0 Å². The molecule has 0 saturated carbocycles. The van der Waals surface area contributed by atoms with Gasteiger partial charge in [0, 0.05) is 11.1 Å². The number of anilines is 1. The van der Waals surface area contributed by atoms with Gasteiger partial charge in [-0.15, -0.1) is 0 Å². The van der Waals surface area contributed by atoms with Crippen molar-refractivity contribution in [3.8, 4) is 11.5 Å². The van der Waals surface area contributed by atoms with Gasteiger partial charge in [-0.1, -0.05) is 44.2 Å². The summed E-state index contributed by atoms with van der Waals surface area (Å²) >= 11 is 5.31. The molecule has 3 N–H and O–H groups in total. The summed E-state index contributed by atoms with van der Waals surface area (Å²) in [5, 5.41) is 4.09. The molecule has 2 aromatic heterocycles. The molecule has 156 valence electrons. The molecule has 0 aliphatic carbocycles. The number of nitrogens with zero attached hydrogens (tertiary/aromatic N) is 1. The van der Waals surface area contributed by atoms with Gasteiger partial charge in [0.05, 0.1) is 17.3 Å². The summed E-state index contributed by atoms with van der Waals surface area (Å²) in [6, 6.07) is 20.8. The van der Waals surface area contributed by atoms with Crippen molar-refractivity contribution in [3.05, 3.63) is 84.1 Å². The van der Waals surface area contributed by atoms with Crippen molar-refractivity contribution < 1.29 is 9.21 Å². The number of thiocarbonyl (C=S) groups is 1. The van der Waals surface area contributed by atoms with Crippen molar-refractivity contribution >= 4 is 39.8 Å². The van der Waals surface area contributed by atoms with Crippen LogP contribution >= 0.6 is 12.2 Å². The molecule has 31 heavy (non-hydrogen) atoms. The molecule has 1 amide bonds. The van der Waals surface area contributed by atoms with E-state index in [-0.39, 0.29) is 11.0 Å². The van der Waals surface area contributed by atoms with Crippen LogP contribution in [-0.2, 0) is 0 Å². The summed E-state index contributed by atoms with van der Waals surface area (Å²) in [7, 11) is 0. The van der Waals surface area contributed by atoms with Gasteiger partial charge in [0.25, 0.3) is 5.91 Å². The number of benzene rings is 2. The molecule has 0 radical (unpaired) electrons. The number of hydrazine groups is 1. The van der Waals surface area contributed by atoms with Crippen molar-refractivity contribution in [1.29, 1.82) is 0 Å². The highest BCUT2D eigenvalue weighted by Crippen LogP contribution is 2.25. The number of hydrogen-bond acceptors (Lipinski definition) is 4. The molecule has 0 unspecified atom stereocenters. The molecule has 0 saturated heterocycles. The van der Waals surface area contributed by atoms with Gasteiger partial charge in [0.1, 0.15) is 5.69 Å². The van der Waals surface area contributed by atoms with Gasteiger partial charge in [-0.2, -0.15) is 0 Å². The predicted octanol–water partition coefficient (Wildman–Crippen LogP) is 5.25. The first kappa shape index (κ1) is 20.6.